The highest BCUT2D eigenvalue weighted by Crippen LogP contribution is 2.38. The maximum Gasteiger partial charge on any atom is 0.306 e. The van der Waals surface area contributed by atoms with Crippen molar-refractivity contribution in [2.45, 2.75) is 424 Å². The molecule has 0 saturated heterocycles. The van der Waals surface area contributed by atoms with Gasteiger partial charge in [-0.3, -0.25) is 14.2 Å². The number of esters is 2. The Morgan fingerprint density at radius 1 is 0.323 bits per heavy atom. The number of hydrogen-bond donors (Lipinski definition) is 0. The fourth-order valence-corrected chi connectivity index (χ4v) is 13.4. The quantitative estimate of drug-likeness (QED) is 0.0195. The van der Waals surface area contributed by atoms with Crippen LogP contribution < -0.4 is 4.89 Å². The summed E-state index contributed by atoms with van der Waals surface area (Å²) < 4.78 is 34.5. The molecule has 0 aliphatic heterocycles. The van der Waals surface area contributed by atoms with Gasteiger partial charge in [0, 0.05) is 12.8 Å². The zero-order chi connectivity index (χ0) is 71.8. The molecule has 10 heteroatoms. The highest BCUT2D eigenvalue weighted by molar-refractivity contribution is 7.45. The number of unbranched alkanes of at least 4 members (excludes halogenated alkanes) is 52. The van der Waals surface area contributed by atoms with Crippen LogP contribution in [0.15, 0.2) is 85.1 Å². The Hall–Kier alpha value is -2.81. The minimum atomic E-state index is -4.65. The van der Waals surface area contributed by atoms with E-state index in [0.717, 1.165) is 83.5 Å². The average Bonchev–Trinajstić information content (AvgIpc) is 1.06. The molecular weight excluding hydrogens is 1240 g/mol. The standard InChI is InChI=1S/C89H164NO8P/c1-6-8-10-12-14-16-18-20-22-24-26-28-30-32-34-36-38-40-42-43-44-45-46-48-49-51-53-55-57-59-61-63-65-67-69-71-73-75-77-79-81-88(91)95-85-87(86-97-99(93,94)96-84-83-90(3,4)5)98-89(92)82-80-78-76-74-72-70-68-66-64-62-60-58-56-54-52-50-47-41-39-37-35-33-31-29-27-25-23-21-19-17-15-13-11-9-7-2/h9,11,15,17,21,23,27,29,33,35,39,41,50,52,87H,6-8,10,12-14,16,18-20,22,24-26,28,30-32,34,36-38,40,42-49,51,53-86H2,1-5H3/b11-9-,17-15-,23-21-,29-27-,35-33-,41-39-,52-50-. The van der Waals surface area contributed by atoms with Crippen molar-refractivity contribution in [1.82, 2.24) is 0 Å². The highest BCUT2D eigenvalue weighted by Gasteiger charge is 2.22. The Morgan fingerprint density at radius 3 is 0.859 bits per heavy atom. The van der Waals surface area contributed by atoms with E-state index < -0.39 is 26.5 Å². The van der Waals surface area contributed by atoms with Gasteiger partial charge in [0.05, 0.1) is 27.7 Å². The number of hydrogen-bond acceptors (Lipinski definition) is 8. The number of likely N-dealkylation sites (N-methyl/N-ethyl adjacent to an activating group) is 1. The minimum Gasteiger partial charge on any atom is -0.756 e. The highest BCUT2D eigenvalue weighted by atomic mass is 31.2. The van der Waals surface area contributed by atoms with E-state index in [9.17, 15) is 19.0 Å². The maximum absolute atomic E-state index is 12.9. The molecule has 0 aliphatic carbocycles. The predicted molar refractivity (Wildman–Crippen MR) is 429 cm³/mol. The average molecular weight is 1410 g/mol. The van der Waals surface area contributed by atoms with Gasteiger partial charge >= 0.3 is 11.9 Å². The van der Waals surface area contributed by atoms with Crippen molar-refractivity contribution in [2.75, 3.05) is 47.5 Å². The van der Waals surface area contributed by atoms with E-state index in [1.807, 2.05) is 21.1 Å². The first kappa shape index (κ1) is 96.2. The molecule has 0 aliphatic rings. The van der Waals surface area contributed by atoms with Crippen LogP contribution in [0.1, 0.15) is 418 Å². The summed E-state index contributed by atoms with van der Waals surface area (Å²) in [4.78, 5) is 38.2. The zero-order valence-electron chi connectivity index (χ0n) is 66.2. The Bertz CT molecular complexity index is 1950. The second-order valence-corrected chi connectivity index (χ2v) is 31.6. The van der Waals surface area contributed by atoms with E-state index in [1.54, 1.807) is 0 Å². The lowest BCUT2D eigenvalue weighted by molar-refractivity contribution is -0.870. The molecule has 0 amide bonds. The molecule has 0 spiro atoms. The summed E-state index contributed by atoms with van der Waals surface area (Å²) in [5.41, 5.74) is 0. The summed E-state index contributed by atoms with van der Waals surface area (Å²) >= 11 is 0. The molecule has 99 heavy (non-hydrogen) atoms. The lowest BCUT2D eigenvalue weighted by atomic mass is 10.0. The molecule has 0 aromatic heterocycles. The number of quaternary nitrogens is 1. The third-order valence-corrected chi connectivity index (χ3v) is 20.1. The van der Waals surface area contributed by atoms with Crippen LogP contribution in [0.2, 0.25) is 0 Å². The lowest BCUT2D eigenvalue weighted by Crippen LogP contribution is -2.37. The van der Waals surface area contributed by atoms with Gasteiger partial charge in [0.25, 0.3) is 7.82 Å². The molecule has 0 aromatic carbocycles. The van der Waals surface area contributed by atoms with Gasteiger partial charge in [-0.05, 0) is 70.6 Å². The largest absolute Gasteiger partial charge is 0.756 e. The Morgan fingerprint density at radius 2 is 0.576 bits per heavy atom. The zero-order valence-corrected chi connectivity index (χ0v) is 67.1. The molecule has 0 fully saturated rings. The number of phosphoric acid groups is 1. The van der Waals surface area contributed by atoms with Gasteiger partial charge in [-0.1, -0.05) is 420 Å². The number of allylic oxidation sites excluding steroid dienone is 14. The van der Waals surface area contributed by atoms with Gasteiger partial charge in [-0.2, -0.15) is 0 Å². The fourth-order valence-electron chi connectivity index (χ4n) is 12.7. The normalized spacial score (nSPS) is 13.4. The summed E-state index contributed by atoms with van der Waals surface area (Å²) in [6.07, 6.45) is 110. The van der Waals surface area contributed by atoms with Crippen LogP contribution >= 0.6 is 7.82 Å². The van der Waals surface area contributed by atoms with Gasteiger partial charge < -0.3 is 27.9 Å². The summed E-state index contributed by atoms with van der Waals surface area (Å²) in [7, 11) is 1.18. The van der Waals surface area contributed by atoms with E-state index in [2.05, 4.69) is 98.9 Å². The van der Waals surface area contributed by atoms with Gasteiger partial charge in [-0.15, -0.1) is 0 Å². The van der Waals surface area contributed by atoms with Gasteiger partial charge in [0.2, 0.25) is 0 Å². The SMILES string of the molecule is CC/C=C\C/C=C\C/C=C\C/C=C\C/C=C\C/C=C\C/C=C\CCCCCCCCCCCCCCCC(=O)OC(COC(=O)CCCCCCCCCCCCCCCCCCCCCCCCCCCCCCCCCCCCCCCCCC)COP(=O)([O-])OCC[N+](C)(C)C. The van der Waals surface area contributed by atoms with Gasteiger partial charge in [0.15, 0.2) is 6.10 Å². The molecule has 0 N–H and O–H groups in total. The Labute approximate surface area is 615 Å². The summed E-state index contributed by atoms with van der Waals surface area (Å²) in [5, 5.41) is 0. The van der Waals surface area contributed by atoms with Crippen LogP contribution in [0.3, 0.4) is 0 Å². The van der Waals surface area contributed by atoms with Crippen LogP contribution in [-0.2, 0) is 32.7 Å². The molecular formula is C89H164NO8P. The molecule has 0 rings (SSSR count). The number of rotatable bonds is 80. The smallest absolute Gasteiger partial charge is 0.306 e. The Balaban J connectivity index is 3.90. The van der Waals surface area contributed by atoms with Crippen molar-refractivity contribution in [3.63, 3.8) is 0 Å². The van der Waals surface area contributed by atoms with E-state index >= 15 is 0 Å². The first-order valence-corrected chi connectivity index (χ1v) is 44.3. The summed E-state index contributed by atoms with van der Waals surface area (Å²) in [6.45, 7) is 4.19. The first-order chi connectivity index (χ1) is 48.5. The van der Waals surface area contributed by atoms with E-state index in [-0.39, 0.29) is 32.0 Å². The number of phosphoric ester groups is 1. The molecule has 2 atom stereocenters. The van der Waals surface area contributed by atoms with E-state index in [0.29, 0.717) is 17.4 Å². The molecule has 0 radical (unpaired) electrons. The van der Waals surface area contributed by atoms with Crippen molar-refractivity contribution in [1.29, 1.82) is 0 Å². The van der Waals surface area contributed by atoms with E-state index in [1.165, 1.54) is 302 Å². The van der Waals surface area contributed by atoms with Crippen molar-refractivity contribution in [3.8, 4) is 0 Å². The van der Waals surface area contributed by atoms with Crippen molar-refractivity contribution in [2.24, 2.45) is 0 Å². The van der Waals surface area contributed by atoms with Gasteiger partial charge in [-0.25, -0.2) is 0 Å². The summed E-state index contributed by atoms with van der Waals surface area (Å²) in [6, 6.07) is 0. The first-order valence-electron chi connectivity index (χ1n) is 42.8. The molecule has 0 heterocycles. The van der Waals surface area contributed by atoms with Crippen LogP contribution in [0.5, 0.6) is 0 Å². The second kappa shape index (κ2) is 79.3. The number of carbonyl (C=O) groups is 2. The monoisotopic (exact) mass is 1410 g/mol. The second-order valence-electron chi connectivity index (χ2n) is 30.2. The molecule has 9 nitrogen and oxygen atoms in total. The van der Waals surface area contributed by atoms with Gasteiger partial charge in [0.1, 0.15) is 19.8 Å². The minimum absolute atomic E-state index is 0.0314. The third-order valence-electron chi connectivity index (χ3n) is 19.2. The number of nitrogens with zero attached hydrogens (tertiary/aromatic N) is 1. The maximum atomic E-state index is 12.9. The van der Waals surface area contributed by atoms with Crippen LogP contribution in [-0.4, -0.2) is 70.0 Å². The van der Waals surface area contributed by atoms with Crippen molar-refractivity contribution >= 4 is 19.8 Å². The lowest BCUT2D eigenvalue weighted by Gasteiger charge is -2.28. The molecule has 0 saturated carbocycles. The fraction of sp³-hybridized carbons (Fsp3) is 0.820. The molecule has 0 bridgehead atoms. The molecule has 578 valence electrons. The molecule has 0 aromatic rings. The molecule has 2 unspecified atom stereocenters. The van der Waals surface area contributed by atoms with E-state index in [4.69, 9.17) is 18.5 Å². The Kier molecular flexibility index (Phi) is 77.1. The van der Waals surface area contributed by atoms with Crippen LogP contribution in [0.4, 0.5) is 0 Å². The third kappa shape index (κ3) is 84.0. The van der Waals surface area contributed by atoms with Crippen molar-refractivity contribution in [3.05, 3.63) is 85.1 Å². The summed E-state index contributed by atoms with van der Waals surface area (Å²) in [5.74, 6) is -0.818. The van der Waals surface area contributed by atoms with Crippen LogP contribution in [0.25, 0.3) is 0 Å². The topological polar surface area (TPSA) is 111 Å². The number of carbonyl (C=O) groups excluding carboxylic acids is 2. The van der Waals surface area contributed by atoms with Crippen molar-refractivity contribution < 1.29 is 42.1 Å². The van der Waals surface area contributed by atoms with Crippen LogP contribution in [0, 0.1) is 0 Å². The predicted octanol–water partition coefficient (Wildman–Crippen LogP) is 28.2. The number of ether oxygens (including phenoxy) is 2.